The van der Waals surface area contributed by atoms with Crippen LogP contribution in [0.3, 0.4) is 0 Å². The number of phenolic OH excluding ortho intramolecular Hbond substituents is 1. The lowest BCUT2D eigenvalue weighted by molar-refractivity contribution is 0.474. The fourth-order valence-electron chi connectivity index (χ4n) is 2.13. The van der Waals surface area contributed by atoms with E-state index in [4.69, 9.17) is 0 Å². The molecule has 2 rings (SSSR count). The number of rotatable bonds is 6. The van der Waals surface area contributed by atoms with E-state index in [-0.39, 0.29) is 0 Å². The summed E-state index contributed by atoms with van der Waals surface area (Å²) < 4.78 is 0. The highest BCUT2D eigenvalue weighted by Gasteiger charge is 2.14. The van der Waals surface area contributed by atoms with Gasteiger partial charge in [0.2, 0.25) is 0 Å². The highest BCUT2D eigenvalue weighted by molar-refractivity contribution is 8.06. The van der Waals surface area contributed by atoms with Crippen LogP contribution in [0.4, 0.5) is 0 Å². The summed E-state index contributed by atoms with van der Waals surface area (Å²) in [4.78, 5) is 0. The molecule has 0 radical (unpaired) electrons. The van der Waals surface area contributed by atoms with Gasteiger partial charge in [0.25, 0.3) is 0 Å². The fraction of sp³-hybridized carbons (Fsp3) is 0.600. The van der Waals surface area contributed by atoms with E-state index >= 15 is 0 Å². The van der Waals surface area contributed by atoms with Crippen LogP contribution in [0.25, 0.3) is 0 Å². The molecular weight excluding hydrogens is 274 g/mol. The second-order valence-electron chi connectivity index (χ2n) is 5.08. The van der Waals surface area contributed by atoms with Crippen molar-refractivity contribution < 1.29 is 5.11 Å². The molecule has 2 nitrogen and oxygen atoms in total. The molecule has 0 spiro atoms. The average Bonchev–Trinajstić information content (AvgIpc) is 2.45. The van der Waals surface area contributed by atoms with Crippen LogP contribution in [0.1, 0.15) is 18.9 Å². The van der Waals surface area contributed by atoms with Crippen molar-refractivity contribution in [2.24, 2.45) is 0 Å². The molecule has 106 valence electrons. The Morgan fingerprint density at radius 3 is 2.79 bits per heavy atom. The molecule has 0 amide bonds. The molecular formula is C15H23NOS2. The van der Waals surface area contributed by atoms with Crippen LogP contribution >= 0.6 is 23.5 Å². The minimum Gasteiger partial charge on any atom is -0.508 e. The number of hydrogen-bond acceptors (Lipinski definition) is 4. The van der Waals surface area contributed by atoms with E-state index in [2.05, 4.69) is 35.8 Å². The van der Waals surface area contributed by atoms with E-state index in [0.717, 1.165) is 24.6 Å². The predicted octanol–water partition coefficient (Wildman–Crippen LogP) is 3.15. The molecule has 1 aromatic rings. The zero-order valence-corrected chi connectivity index (χ0v) is 13.1. The predicted molar refractivity (Wildman–Crippen MR) is 87.5 cm³/mol. The van der Waals surface area contributed by atoms with Gasteiger partial charge in [-0.15, -0.1) is 0 Å². The van der Waals surface area contributed by atoms with Gasteiger partial charge in [0, 0.05) is 35.1 Å². The Morgan fingerprint density at radius 1 is 1.32 bits per heavy atom. The summed E-state index contributed by atoms with van der Waals surface area (Å²) in [6.07, 6.45) is 2.22. The first kappa shape index (κ1) is 15.1. The van der Waals surface area contributed by atoms with E-state index in [1.807, 2.05) is 12.1 Å². The van der Waals surface area contributed by atoms with Crippen LogP contribution < -0.4 is 5.32 Å². The van der Waals surface area contributed by atoms with Gasteiger partial charge in [-0.3, -0.25) is 0 Å². The van der Waals surface area contributed by atoms with Gasteiger partial charge in [0.1, 0.15) is 5.75 Å². The number of benzene rings is 1. The van der Waals surface area contributed by atoms with Crippen molar-refractivity contribution >= 4 is 23.5 Å². The zero-order valence-electron chi connectivity index (χ0n) is 11.5. The Kier molecular flexibility index (Phi) is 6.41. The number of phenols is 1. The molecule has 1 fully saturated rings. The molecule has 2 N–H and O–H groups in total. The zero-order chi connectivity index (χ0) is 13.5. The topological polar surface area (TPSA) is 32.3 Å². The summed E-state index contributed by atoms with van der Waals surface area (Å²) in [5.74, 6) is 4.26. The van der Waals surface area contributed by atoms with E-state index < -0.39 is 0 Å². The third-order valence-electron chi connectivity index (χ3n) is 3.38. The summed E-state index contributed by atoms with van der Waals surface area (Å²) in [5.41, 5.74) is 1.30. The number of thioether (sulfide) groups is 2. The van der Waals surface area contributed by atoms with Crippen molar-refractivity contribution in [2.75, 3.05) is 23.8 Å². The molecule has 0 aliphatic carbocycles. The minimum atomic E-state index is 0.349. The highest BCUT2D eigenvalue weighted by Crippen LogP contribution is 2.23. The van der Waals surface area contributed by atoms with Crippen molar-refractivity contribution in [1.82, 2.24) is 5.32 Å². The van der Waals surface area contributed by atoms with Crippen LogP contribution in [-0.4, -0.2) is 40.2 Å². The molecule has 4 heteroatoms. The number of aromatic hydroxyl groups is 1. The average molecular weight is 297 g/mol. The van der Waals surface area contributed by atoms with Crippen LogP contribution in [0.5, 0.6) is 5.75 Å². The second kappa shape index (κ2) is 8.08. The summed E-state index contributed by atoms with van der Waals surface area (Å²) in [6.45, 7) is 3.40. The van der Waals surface area contributed by atoms with E-state index in [1.165, 1.54) is 22.8 Å². The smallest absolute Gasteiger partial charge is 0.115 e. The summed E-state index contributed by atoms with van der Waals surface area (Å²) in [5, 5.41) is 13.7. The first-order chi connectivity index (χ1) is 9.24. The van der Waals surface area contributed by atoms with Gasteiger partial charge < -0.3 is 10.4 Å². The molecule has 2 unspecified atom stereocenters. The van der Waals surface area contributed by atoms with Crippen molar-refractivity contribution in [3.8, 4) is 5.75 Å². The molecule has 0 aromatic heterocycles. The van der Waals surface area contributed by atoms with Gasteiger partial charge in [-0.05, 0) is 37.5 Å². The summed E-state index contributed by atoms with van der Waals surface area (Å²) in [7, 11) is 0. The largest absolute Gasteiger partial charge is 0.508 e. The van der Waals surface area contributed by atoms with Crippen LogP contribution in [0.15, 0.2) is 24.3 Å². The van der Waals surface area contributed by atoms with Gasteiger partial charge in [-0.25, -0.2) is 0 Å². The standard InChI is InChI=1S/C15H23NOS2/c1-12(16-10-15-11-18-8-9-19-15)2-3-13-4-6-14(17)7-5-13/h4-7,12,15-17H,2-3,8-11H2,1H3. The molecule has 1 aliphatic heterocycles. The number of aryl methyl sites for hydroxylation is 1. The second-order valence-corrected chi connectivity index (χ2v) is 7.64. The highest BCUT2D eigenvalue weighted by atomic mass is 32.2. The van der Waals surface area contributed by atoms with Crippen molar-refractivity contribution in [3.05, 3.63) is 29.8 Å². The maximum absolute atomic E-state index is 9.25. The third-order valence-corrected chi connectivity index (χ3v) is 6.23. The third kappa shape index (κ3) is 5.67. The lowest BCUT2D eigenvalue weighted by Crippen LogP contribution is -2.35. The molecule has 1 aromatic carbocycles. The maximum atomic E-state index is 9.25. The SMILES string of the molecule is CC(CCc1ccc(O)cc1)NCC1CSCCS1. The Hall–Kier alpha value is -0.320. The Bertz CT molecular complexity index is 363. The van der Waals surface area contributed by atoms with Crippen molar-refractivity contribution in [3.63, 3.8) is 0 Å². The monoisotopic (exact) mass is 297 g/mol. The fourth-order valence-corrected chi connectivity index (χ4v) is 4.76. The van der Waals surface area contributed by atoms with Gasteiger partial charge >= 0.3 is 0 Å². The molecule has 1 heterocycles. The maximum Gasteiger partial charge on any atom is 0.115 e. The minimum absolute atomic E-state index is 0.349. The quantitative estimate of drug-likeness (QED) is 0.845. The van der Waals surface area contributed by atoms with Crippen LogP contribution in [0.2, 0.25) is 0 Å². The Morgan fingerprint density at radius 2 is 2.11 bits per heavy atom. The van der Waals surface area contributed by atoms with E-state index in [9.17, 15) is 5.11 Å². The van der Waals surface area contributed by atoms with Gasteiger partial charge in [0.05, 0.1) is 0 Å². The van der Waals surface area contributed by atoms with Gasteiger partial charge in [-0.2, -0.15) is 23.5 Å². The lowest BCUT2D eigenvalue weighted by Gasteiger charge is -2.23. The van der Waals surface area contributed by atoms with Crippen LogP contribution in [-0.2, 0) is 6.42 Å². The molecule has 0 bridgehead atoms. The Balaban J connectivity index is 1.63. The number of hydrogen-bond donors (Lipinski definition) is 2. The lowest BCUT2D eigenvalue weighted by atomic mass is 10.1. The first-order valence-corrected chi connectivity index (χ1v) is 9.15. The normalized spacial score (nSPS) is 21.2. The number of nitrogens with one attached hydrogen (secondary N) is 1. The first-order valence-electron chi connectivity index (χ1n) is 6.94. The van der Waals surface area contributed by atoms with Crippen LogP contribution in [0, 0.1) is 0 Å². The Labute approximate surface area is 124 Å². The molecule has 1 saturated heterocycles. The van der Waals surface area contributed by atoms with Gasteiger partial charge in [-0.1, -0.05) is 12.1 Å². The van der Waals surface area contributed by atoms with Gasteiger partial charge in [0.15, 0.2) is 0 Å². The molecule has 2 atom stereocenters. The van der Waals surface area contributed by atoms with E-state index in [0.29, 0.717) is 11.8 Å². The molecule has 19 heavy (non-hydrogen) atoms. The molecule has 1 aliphatic rings. The van der Waals surface area contributed by atoms with Crippen molar-refractivity contribution in [2.45, 2.75) is 31.1 Å². The summed E-state index contributed by atoms with van der Waals surface area (Å²) >= 11 is 4.19. The molecule has 0 saturated carbocycles. The van der Waals surface area contributed by atoms with Crippen molar-refractivity contribution in [1.29, 1.82) is 0 Å². The summed E-state index contributed by atoms with van der Waals surface area (Å²) in [6, 6.07) is 8.11. The van der Waals surface area contributed by atoms with E-state index in [1.54, 1.807) is 12.1 Å².